The molecule has 0 radical (unpaired) electrons. The molecule has 1 aromatic heterocycles. The van der Waals surface area contributed by atoms with E-state index in [1.165, 1.54) is 49.3 Å². The zero-order valence-corrected chi connectivity index (χ0v) is 13.5. The Hall–Kier alpha value is -1.19. The molecule has 2 heterocycles. The second-order valence-electron chi connectivity index (χ2n) is 6.64. The first-order valence-electron chi connectivity index (χ1n) is 7.96. The number of benzene rings is 1. The van der Waals surface area contributed by atoms with Gasteiger partial charge in [0.05, 0.1) is 6.54 Å². The van der Waals surface area contributed by atoms with Crippen LogP contribution in [0.2, 0.25) is 0 Å². The van der Waals surface area contributed by atoms with Crippen molar-refractivity contribution in [1.29, 1.82) is 0 Å². The fourth-order valence-corrected chi connectivity index (χ4v) is 4.75. The Morgan fingerprint density at radius 1 is 1.24 bits per heavy atom. The lowest BCUT2D eigenvalue weighted by molar-refractivity contribution is 0.152. The molecule has 0 amide bonds. The molecule has 0 N–H and O–H groups in total. The van der Waals surface area contributed by atoms with Gasteiger partial charge in [-0.15, -0.1) is 11.3 Å². The fraction of sp³-hybridized carbons (Fsp3) is 0.500. The van der Waals surface area contributed by atoms with E-state index in [0.29, 0.717) is 5.41 Å². The summed E-state index contributed by atoms with van der Waals surface area (Å²) >= 11 is 1.78. The molecule has 110 valence electrons. The van der Waals surface area contributed by atoms with Gasteiger partial charge < -0.3 is 0 Å². The lowest BCUT2D eigenvalue weighted by Gasteiger charge is -2.40. The number of fused-ring (bicyclic) bond motifs is 2. The van der Waals surface area contributed by atoms with E-state index < -0.39 is 0 Å². The standard InChI is InChI=1S/C18H22N2S/c1-14-2-3-15-4-5-18(16(15)12-14)6-9-20(10-7-18)13-17-19-8-11-21-17/h2-3,8,11-12H,4-7,9-10,13H2,1H3. The first kappa shape index (κ1) is 13.5. The molecular weight excluding hydrogens is 276 g/mol. The molecule has 0 bridgehead atoms. The van der Waals surface area contributed by atoms with E-state index in [4.69, 9.17) is 0 Å². The van der Waals surface area contributed by atoms with Crippen LogP contribution in [0.1, 0.15) is 41.0 Å². The molecule has 1 aromatic carbocycles. The summed E-state index contributed by atoms with van der Waals surface area (Å²) in [5.41, 5.74) is 5.16. The van der Waals surface area contributed by atoms with Crippen molar-refractivity contribution in [2.75, 3.05) is 13.1 Å². The lowest BCUT2D eigenvalue weighted by Crippen LogP contribution is -2.41. The van der Waals surface area contributed by atoms with Gasteiger partial charge in [0.1, 0.15) is 5.01 Å². The lowest BCUT2D eigenvalue weighted by atomic mass is 9.73. The highest BCUT2D eigenvalue weighted by Gasteiger charge is 2.40. The van der Waals surface area contributed by atoms with Crippen LogP contribution >= 0.6 is 11.3 Å². The molecule has 4 rings (SSSR count). The van der Waals surface area contributed by atoms with Crippen LogP contribution in [-0.2, 0) is 18.4 Å². The number of likely N-dealkylation sites (tertiary alicyclic amines) is 1. The quantitative estimate of drug-likeness (QED) is 0.835. The van der Waals surface area contributed by atoms with E-state index in [1.54, 1.807) is 22.5 Å². The normalized spacial score (nSPS) is 20.8. The smallest absolute Gasteiger partial charge is 0.107 e. The van der Waals surface area contributed by atoms with E-state index in [1.807, 2.05) is 6.20 Å². The maximum atomic E-state index is 4.42. The van der Waals surface area contributed by atoms with E-state index in [2.05, 4.69) is 40.4 Å². The van der Waals surface area contributed by atoms with E-state index in [9.17, 15) is 0 Å². The second kappa shape index (κ2) is 5.22. The molecule has 0 saturated carbocycles. The maximum absolute atomic E-state index is 4.42. The van der Waals surface area contributed by atoms with Gasteiger partial charge in [0.2, 0.25) is 0 Å². The van der Waals surface area contributed by atoms with Crippen LogP contribution in [0.5, 0.6) is 0 Å². The molecule has 2 aromatic rings. The summed E-state index contributed by atoms with van der Waals surface area (Å²) in [6.07, 6.45) is 7.18. The van der Waals surface area contributed by atoms with Gasteiger partial charge in [0.25, 0.3) is 0 Å². The SMILES string of the molecule is Cc1ccc2c(c1)C1(CC2)CCN(Cc2nccs2)CC1. The minimum atomic E-state index is 0.473. The third kappa shape index (κ3) is 2.43. The van der Waals surface area contributed by atoms with Gasteiger partial charge in [-0.2, -0.15) is 0 Å². The van der Waals surface area contributed by atoms with Crippen molar-refractivity contribution < 1.29 is 0 Å². The molecular formula is C18H22N2S. The highest BCUT2D eigenvalue weighted by atomic mass is 32.1. The van der Waals surface area contributed by atoms with Gasteiger partial charge in [-0.25, -0.2) is 4.98 Å². The van der Waals surface area contributed by atoms with Crippen LogP contribution in [-0.4, -0.2) is 23.0 Å². The zero-order valence-electron chi connectivity index (χ0n) is 12.6. The Morgan fingerprint density at radius 3 is 2.86 bits per heavy atom. The number of hydrogen-bond donors (Lipinski definition) is 0. The summed E-state index contributed by atoms with van der Waals surface area (Å²) in [4.78, 5) is 7.00. The highest BCUT2D eigenvalue weighted by molar-refractivity contribution is 7.09. The van der Waals surface area contributed by atoms with E-state index >= 15 is 0 Å². The predicted molar refractivity (Wildman–Crippen MR) is 87.8 cm³/mol. The van der Waals surface area contributed by atoms with Crippen molar-refractivity contribution in [1.82, 2.24) is 9.88 Å². The number of aromatic nitrogens is 1. The molecule has 0 unspecified atom stereocenters. The molecule has 21 heavy (non-hydrogen) atoms. The van der Waals surface area contributed by atoms with E-state index in [0.717, 1.165) is 6.54 Å². The highest BCUT2D eigenvalue weighted by Crippen LogP contribution is 2.46. The molecule has 1 aliphatic carbocycles. The molecule has 0 atom stereocenters. The van der Waals surface area contributed by atoms with Gasteiger partial charge >= 0.3 is 0 Å². The zero-order chi connectivity index (χ0) is 14.3. The summed E-state index contributed by atoms with van der Waals surface area (Å²) in [7, 11) is 0. The van der Waals surface area contributed by atoms with Crippen molar-refractivity contribution in [3.63, 3.8) is 0 Å². The van der Waals surface area contributed by atoms with E-state index in [-0.39, 0.29) is 0 Å². The van der Waals surface area contributed by atoms with Crippen molar-refractivity contribution in [3.05, 3.63) is 51.5 Å². The number of aryl methyl sites for hydroxylation is 2. The van der Waals surface area contributed by atoms with Crippen LogP contribution in [0.4, 0.5) is 0 Å². The largest absolute Gasteiger partial charge is 0.297 e. The van der Waals surface area contributed by atoms with Gasteiger partial charge in [-0.05, 0) is 62.2 Å². The van der Waals surface area contributed by atoms with Gasteiger partial charge in [-0.1, -0.05) is 23.8 Å². The minimum Gasteiger partial charge on any atom is -0.297 e. The third-order valence-electron chi connectivity index (χ3n) is 5.37. The minimum absolute atomic E-state index is 0.473. The van der Waals surface area contributed by atoms with Crippen molar-refractivity contribution >= 4 is 11.3 Å². The van der Waals surface area contributed by atoms with Crippen LogP contribution in [0.15, 0.2) is 29.8 Å². The number of nitrogens with zero attached hydrogens (tertiary/aromatic N) is 2. The Kier molecular flexibility index (Phi) is 3.35. The second-order valence-corrected chi connectivity index (χ2v) is 7.62. The average Bonchev–Trinajstić information content (AvgIpc) is 3.11. The van der Waals surface area contributed by atoms with Crippen LogP contribution < -0.4 is 0 Å². The summed E-state index contributed by atoms with van der Waals surface area (Å²) in [5.74, 6) is 0. The molecule has 1 saturated heterocycles. The number of thiazole rings is 1. The summed E-state index contributed by atoms with van der Waals surface area (Å²) in [6.45, 7) is 5.69. The Morgan fingerprint density at radius 2 is 2.10 bits per heavy atom. The third-order valence-corrected chi connectivity index (χ3v) is 6.13. The summed E-state index contributed by atoms with van der Waals surface area (Å²) < 4.78 is 0. The summed E-state index contributed by atoms with van der Waals surface area (Å²) in [6, 6.07) is 7.09. The first-order chi connectivity index (χ1) is 10.3. The van der Waals surface area contributed by atoms with Crippen molar-refractivity contribution in [3.8, 4) is 0 Å². The molecule has 2 nitrogen and oxygen atoms in total. The molecule has 1 aliphatic heterocycles. The molecule has 1 fully saturated rings. The van der Waals surface area contributed by atoms with Gasteiger partial charge in [0, 0.05) is 11.6 Å². The monoisotopic (exact) mass is 298 g/mol. The Bertz CT molecular complexity index is 625. The first-order valence-corrected chi connectivity index (χ1v) is 8.84. The van der Waals surface area contributed by atoms with Gasteiger partial charge in [0.15, 0.2) is 0 Å². The topological polar surface area (TPSA) is 16.1 Å². The number of rotatable bonds is 2. The van der Waals surface area contributed by atoms with Crippen LogP contribution in [0.25, 0.3) is 0 Å². The Balaban J connectivity index is 1.49. The van der Waals surface area contributed by atoms with Crippen molar-refractivity contribution in [2.24, 2.45) is 0 Å². The average molecular weight is 298 g/mol. The maximum Gasteiger partial charge on any atom is 0.107 e. The number of hydrogen-bond acceptors (Lipinski definition) is 3. The van der Waals surface area contributed by atoms with Crippen LogP contribution in [0.3, 0.4) is 0 Å². The van der Waals surface area contributed by atoms with Crippen LogP contribution in [0, 0.1) is 6.92 Å². The van der Waals surface area contributed by atoms with Crippen molar-refractivity contribution in [2.45, 2.75) is 44.6 Å². The fourth-order valence-electron chi connectivity index (χ4n) is 4.09. The summed E-state index contributed by atoms with van der Waals surface area (Å²) in [5, 5.41) is 3.34. The molecule has 3 heteroatoms. The Labute approximate surface area is 130 Å². The molecule has 1 spiro atoms. The van der Waals surface area contributed by atoms with Gasteiger partial charge in [-0.3, -0.25) is 4.90 Å². The number of piperidine rings is 1. The predicted octanol–water partition coefficient (Wildman–Crippen LogP) is 3.93. The molecule has 2 aliphatic rings.